The molecule has 0 saturated heterocycles. The molecule has 2 nitrogen and oxygen atoms in total. The summed E-state index contributed by atoms with van der Waals surface area (Å²) in [4.78, 5) is 0. The highest BCUT2D eigenvalue weighted by atomic mass is 35.5. The first-order valence-electron chi connectivity index (χ1n) is 5.37. The third kappa shape index (κ3) is 3.12. The van der Waals surface area contributed by atoms with Gasteiger partial charge in [-0.05, 0) is 36.4 Å². The van der Waals surface area contributed by atoms with E-state index in [4.69, 9.17) is 17.3 Å². The van der Waals surface area contributed by atoms with Gasteiger partial charge in [0.1, 0.15) is 5.82 Å². The quantitative estimate of drug-likeness (QED) is 0.800. The van der Waals surface area contributed by atoms with Gasteiger partial charge in [-0.15, -0.1) is 0 Å². The number of alkyl halides is 2. The van der Waals surface area contributed by atoms with Gasteiger partial charge in [0.05, 0.1) is 5.02 Å². The van der Waals surface area contributed by atoms with Crippen LogP contribution in [0.3, 0.4) is 0 Å². The number of benzene rings is 2. The summed E-state index contributed by atoms with van der Waals surface area (Å²) in [6, 6.07) is 8.02. The van der Waals surface area contributed by atoms with E-state index in [0.29, 0.717) is 5.69 Å². The van der Waals surface area contributed by atoms with Crippen molar-refractivity contribution in [3.63, 3.8) is 0 Å². The Morgan fingerprint density at radius 1 is 1.11 bits per heavy atom. The Morgan fingerprint density at radius 2 is 1.84 bits per heavy atom. The molecule has 0 aliphatic carbocycles. The normalized spacial score (nSPS) is 10.8. The molecule has 2 aromatic carbocycles. The summed E-state index contributed by atoms with van der Waals surface area (Å²) in [5.74, 6) is -0.571. The highest BCUT2D eigenvalue weighted by Crippen LogP contribution is 2.31. The molecule has 0 fully saturated rings. The van der Waals surface area contributed by atoms with Crippen molar-refractivity contribution < 1.29 is 13.2 Å². The molecule has 2 rings (SSSR count). The molecule has 100 valence electrons. The van der Waals surface area contributed by atoms with Gasteiger partial charge in [0, 0.05) is 22.6 Å². The molecule has 3 N–H and O–H groups in total. The average molecular weight is 287 g/mol. The summed E-state index contributed by atoms with van der Waals surface area (Å²) in [6.07, 6.45) is -2.66. The number of anilines is 3. The van der Waals surface area contributed by atoms with Crippen LogP contribution in [0.1, 0.15) is 12.0 Å². The summed E-state index contributed by atoms with van der Waals surface area (Å²) in [5, 5.41) is 2.68. The first kappa shape index (κ1) is 13.5. The van der Waals surface area contributed by atoms with Crippen LogP contribution in [-0.2, 0) is 0 Å². The highest BCUT2D eigenvalue weighted by Gasteiger charge is 2.13. The Labute approximate surface area is 113 Å². The van der Waals surface area contributed by atoms with Gasteiger partial charge in [-0.3, -0.25) is 0 Å². The maximum atomic E-state index is 13.0. The molecule has 19 heavy (non-hydrogen) atoms. The topological polar surface area (TPSA) is 38.0 Å². The maximum Gasteiger partial charge on any atom is 0.265 e. The largest absolute Gasteiger partial charge is 0.399 e. The molecule has 0 aliphatic rings. The second-order valence-corrected chi connectivity index (χ2v) is 4.31. The molecular weight excluding hydrogens is 277 g/mol. The zero-order valence-corrected chi connectivity index (χ0v) is 10.4. The molecule has 0 heterocycles. The summed E-state index contributed by atoms with van der Waals surface area (Å²) < 4.78 is 38.7. The number of rotatable bonds is 3. The number of hydrogen-bond donors (Lipinski definition) is 2. The van der Waals surface area contributed by atoms with Crippen LogP contribution in [-0.4, -0.2) is 0 Å². The van der Waals surface area contributed by atoms with Crippen LogP contribution in [0.4, 0.5) is 30.2 Å². The monoisotopic (exact) mass is 286 g/mol. The van der Waals surface area contributed by atoms with Crippen LogP contribution >= 0.6 is 11.6 Å². The Hall–Kier alpha value is -1.88. The lowest BCUT2D eigenvalue weighted by Crippen LogP contribution is -1.98. The van der Waals surface area contributed by atoms with Crippen molar-refractivity contribution in [2.24, 2.45) is 0 Å². The third-order valence-electron chi connectivity index (χ3n) is 2.51. The number of halogens is 4. The molecule has 0 atom stereocenters. The van der Waals surface area contributed by atoms with E-state index in [0.717, 1.165) is 6.07 Å². The molecule has 6 heteroatoms. The van der Waals surface area contributed by atoms with Crippen molar-refractivity contribution in [3.8, 4) is 0 Å². The minimum Gasteiger partial charge on any atom is -0.399 e. The van der Waals surface area contributed by atoms with Crippen molar-refractivity contribution >= 4 is 28.7 Å². The van der Waals surface area contributed by atoms with Gasteiger partial charge in [0.25, 0.3) is 6.43 Å². The maximum absolute atomic E-state index is 13.0. The summed E-state index contributed by atoms with van der Waals surface area (Å²) >= 11 is 5.62. The molecule has 0 unspecified atom stereocenters. The lowest BCUT2D eigenvalue weighted by Gasteiger charge is -2.12. The molecular formula is C13H10ClF3N2. The Morgan fingerprint density at radius 3 is 2.47 bits per heavy atom. The standard InChI is InChI=1S/C13H10ClF3N2/c14-10-6-8(2-3-11(10)15)19-12-4-1-7(18)5-9(12)13(16)17/h1-6,13,19H,18H2. The van der Waals surface area contributed by atoms with Crippen LogP contribution in [0, 0.1) is 5.82 Å². The van der Waals surface area contributed by atoms with Crippen LogP contribution in [0.5, 0.6) is 0 Å². The predicted molar refractivity (Wildman–Crippen MR) is 70.5 cm³/mol. The molecule has 0 aliphatic heterocycles. The van der Waals surface area contributed by atoms with E-state index in [1.54, 1.807) is 0 Å². The van der Waals surface area contributed by atoms with Crippen LogP contribution in [0.2, 0.25) is 5.02 Å². The summed E-state index contributed by atoms with van der Waals surface area (Å²) in [6.45, 7) is 0. The lowest BCUT2D eigenvalue weighted by molar-refractivity contribution is 0.152. The van der Waals surface area contributed by atoms with Gasteiger partial charge in [-0.25, -0.2) is 13.2 Å². The van der Waals surface area contributed by atoms with E-state index in [1.165, 1.54) is 30.3 Å². The number of nitrogen functional groups attached to an aromatic ring is 1. The second kappa shape index (κ2) is 5.40. The van der Waals surface area contributed by atoms with E-state index in [9.17, 15) is 13.2 Å². The minimum atomic E-state index is -2.66. The summed E-state index contributed by atoms with van der Waals surface area (Å²) in [5.41, 5.74) is 6.11. The van der Waals surface area contributed by atoms with E-state index in [1.807, 2.05) is 0 Å². The first-order chi connectivity index (χ1) is 8.97. The fourth-order valence-corrected chi connectivity index (χ4v) is 1.79. The molecule has 0 saturated carbocycles. The van der Waals surface area contributed by atoms with Crippen LogP contribution < -0.4 is 11.1 Å². The van der Waals surface area contributed by atoms with Gasteiger partial charge in [0.15, 0.2) is 0 Å². The van der Waals surface area contributed by atoms with Crippen molar-refractivity contribution in [2.45, 2.75) is 6.43 Å². The highest BCUT2D eigenvalue weighted by molar-refractivity contribution is 6.31. The molecule has 0 radical (unpaired) electrons. The predicted octanol–water partition coefficient (Wildman–Crippen LogP) is 4.74. The first-order valence-corrected chi connectivity index (χ1v) is 5.75. The Bertz CT molecular complexity index is 602. The van der Waals surface area contributed by atoms with Gasteiger partial charge in [-0.2, -0.15) is 0 Å². The number of hydrogen-bond acceptors (Lipinski definition) is 2. The molecule has 0 aromatic heterocycles. The summed E-state index contributed by atoms with van der Waals surface area (Å²) in [7, 11) is 0. The average Bonchev–Trinajstić information content (AvgIpc) is 2.36. The fourth-order valence-electron chi connectivity index (χ4n) is 1.60. The molecule has 0 bridgehead atoms. The van der Waals surface area contributed by atoms with Crippen molar-refractivity contribution in [3.05, 3.63) is 52.8 Å². The van der Waals surface area contributed by atoms with Crippen molar-refractivity contribution in [1.82, 2.24) is 0 Å². The van der Waals surface area contributed by atoms with Crippen molar-refractivity contribution in [2.75, 3.05) is 11.1 Å². The van der Waals surface area contributed by atoms with Crippen molar-refractivity contribution in [1.29, 1.82) is 0 Å². The molecule has 0 spiro atoms. The van der Waals surface area contributed by atoms with Crippen LogP contribution in [0.15, 0.2) is 36.4 Å². The van der Waals surface area contributed by atoms with E-state index in [2.05, 4.69) is 5.32 Å². The molecule has 2 aromatic rings. The van der Waals surface area contributed by atoms with Gasteiger partial charge in [-0.1, -0.05) is 11.6 Å². The SMILES string of the molecule is Nc1ccc(Nc2ccc(F)c(Cl)c2)c(C(F)F)c1. The van der Waals surface area contributed by atoms with Crippen LogP contribution in [0.25, 0.3) is 0 Å². The minimum absolute atomic E-state index is 0.0842. The van der Waals surface area contributed by atoms with Gasteiger partial charge < -0.3 is 11.1 Å². The Balaban J connectivity index is 2.35. The smallest absolute Gasteiger partial charge is 0.265 e. The van der Waals surface area contributed by atoms with E-state index in [-0.39, 0.29) is 22.0 Å². The molecule has 0 amide bonds. The zero-order chi connectivity index (χ0) is 14.0. The second-order valence-electron chi connectivity index (χ2n) is 3.90. The van der Waals surface area contributed by atoms with E-state index < -0.39 is 12.2 Å². The third-order valence-corrected chi connectivity index (χ3v) is 2.80. The fraction of sp³-hybridized carbons (Fsp3) is 0.0769. The number of nitrogens with one attached hydrogen (secondary N) is 1. The number of nitrogens with two attached hydrogens (primary N) is 1. The van der Waals surface area contributed by atoms with Gasteiger partial charge in [0.2, 0.25) is 0 Å². The zero-order valence-electron chi connectivity index (χ0n) is 9.63. The lowest BCUT2D eigenvalue weighted by atomic mass is 10.1. The van der Waals surface area contributed by atoms with E-state index >= 15 is 0 Å². The Kier molecular flexibility index (Phi) is 3.85. The van der Waals surface area contributed by atoms with Gasteiger partial charge >= 0.3 is 0 Å².